The SMILES string of the molecule is O=C(COC(=O)c1ccccc1[N+](=O)[O-])NCCc1ccc(Cl)cc1. The summed E-state index contributed by atoms with van der Waals surface area (Å²) in [5.41, 5.74) is 0.443. The monoisotopic (exact) mass is 362 g/mol. The molecule has 130 valence electrons. The van der Waals surface area contributed by atoms with Crippen LogP contribution in [0.25, 0.3) is 0 Å². The van der Waals surface area contributed by atoms with Crippen molar-refractivity contribution in [1.82, 2.24) is 5.32 Å². The van der Waals surface area contributed by atoms with Gasteiger partial charge in [-0.1, -0.05) is 35.9 Å². The molecular formula is C17H15ClN2O5. The minimum absolute atomic E-state index is 0.193. The number of para-hydroxylation sites is 1. The maximum absolute atomic E-state index is 11.9. The molecule has 1 amide bonds. The van der Waals surface area contributed by atoms with Crippen molar-refractivity contribution in [3.8, 4) is 0 Å². The summed E-state index contributed by atoms with van der Waals surface area (Å²) in [7, 11) is 0. The fourth-order valence-electron chi connectivity index (χ4n) is 2.06. The summed E-state index contributed by atoms with van der Waals surface area (Å²) in [6.45, 7) is -0.144. The lowest BCUT2D eigenvalue weighted by Crippen LogP contribution is -2.30. The van der Waals surface area contributed by atoms with E-state index >= 15 is 0 Å². The highest BCUT2D eigenvalue weighted by Crippen LogP contribution is 2.18. The first-order chi connectivity index (χ1) is 12.0. The van der Waals surface area contributed by atoms with Gasteiger partial charge in [0.25, 0.3) is 11.6 Å². The average molecular weight is 363 g/mol. The molecule has 8 heteroatoms. The van der Waals surface area contributed by atoms with Crippen molar-refractivity contribution in [2.24, 2.45) is 0 Å². The molecule has 0 fully saturated rings. The van der Waals surface area contributed by atoms with Crippen LogP contribution in [0.15, 0.2) is 48.5 Å². The van der Waals surface area contributed by atoms with Gasteiger partial charge in [0.15, 0.2) is 6.61 Å². The third-order valence-electron chi connectivity index (χ3n) is 3.30. The van der Waals surface area contributed by atoms with Gasteiger partial charge in [0.05, 0.1) is 4.92 Å². The van der Waals surface area contributed by atoms with Crippen molar-refractivity contribution in [3.05, 3.63) is 74.8 Å². The van der Waals surface area contributed by atoms with Gasteiger partial charge in [-0.3, -0.25) is 14.9 Å². The predicted octanol–water partition coefficient (Wildman–Crippen LogP) is 2.76. The smallest absolute Gasteiger partial charge is 0.345 e. The number of nitro benzene ring substituents is 1. The zero-order valence-corrected chi connectivity index (χ0v) is 13.9. The van der Waals surface area contributed by atoms with Crippen molar-refractivity contribution in [2.75, 3.05) is 13.2 Å². The molecule has 2 aromatic rings. The number of nitro groups is 1. The molecule has 0 atom stereocenters. The lowest BCUT2D eigenvalue weighted by atomic mass is 10.1. The van der Waals surface area contributed by atoms with Gasteiger partial charge in [0.1, 0.15) is 5.56 Å². The van der Waals surface area contributed by atoms with Crippen LogP contribution in [-0.4, -0.2) is 30.0 Å². The molecule has 2 rings (SSSR count). The van der Waals surface area contributed by atoms with E-state index in [1.54, 1.807) is 12.1 Å². The molecule has 0 spiro atoms. The number of ether oxygens (including phenoxy) is 1. The van der Waals surface area contributed by atoms with E-state index in [2.05, 4.69) is 5.32 Å². The molecule has 0 saturated carbocycles. The Morgan fingerprint density at radius 3 is 2.48 bits per heavy atom. The first kappa shape index (κ1) is 18.4. The molecule has 0 aromatic heterocycles. The molecule has 0 aliphatic carbocycles. The highest BCUT2D eigenvalue weighted by atomic mass is 35.5. The van der Waals surface area contributed by atoms with Crippen LogP contribution >= 0.6 is 11.6 Å². The van der Waals surface area contributed by atoms with Gasteiger partial charge in [0, 0.05) is 17.6 Å². The van der Waals surface area contributed by atoms with E-state index in [9.17, 15) is 19.7 Å². The first-order valence-electron chi connectivity index (χ1n) is 7.39. The molecule has 25 heavy (non-hydrogen) atoms. The number of esters is 1. The van der Waals surface area contributed by atoms with Crippen LogP contribution in [-0.2, 0) is 16.0 Å². The number of nitrogens with one attached hydrogen (secondary N) is 1. The average Bonchev–Trinajstić information content (AvgIpc) is 2.61. The van der Waals surface area contributed by atoms with Gasteiger partial charge >= 0.3 is 5.97 Å². The molecule has 0 bridgehead atoms. The van der Waals surface area contributed by atoms with Gasteiger partial charge in [0.2, 0.25) is 0 Å². The van der Waals surface area contributed by atoms with Gasteiger partial charge in [-0.15, -0.1) is 0 Å². The summed E-state index contributed by atoms with van der Waals surface area (Å²) in [6, 6.07) is 12.6. The number of hydrogen-bond acceptors (Lipinski definition) is 5. The summed E-state index contributed by atoms with van der Waals surface area (Å²) in [6.07, 6.45) is 0.598. The van der Waals surface area contributed by atoms with Crippen molar-refractivity contribution in [1.29, 1.82) is 0 Å². The van der Waals surface area contributed by atoms with Crippen molar-refractivity contribution in [2.45, 2.75) is 6.42 Å². The fourth-order valence-corrected chi connectivity index (χ4v) is 2.19. The number of carbonyl (C=O) groups is 2. The highest BCUT2D eigenvalue weighted by molar-refractivity contribution is 6.30. The maximum Gasteiger partial charge on any atom is 0.345 e. The van der Waals surface area contributed by atoms with Crippen LogP contribution in [0.1, 0.15) is 15.9 Å². The van der Waals surface area contributed by atoms with E-state index in [1.165, 1.54) is 24.3 Å². The number of hydrogen-bond donors (Lipinski definition) is 1. The number of carbonyl (C=O) groups excluding carboxylic acids is 2. The largest absolute Gasteiger partial charge is 0.452 e. The number of benzene rings is 2. The number of rotatable bonds is 7. The predicted molar refractivity (Wildman–Crippen MR) is 91.5 cm³/mol. The number of halogens is 1. The van der Waals surface area contributed by atoms with E-state index in [0.29, 0.717) is 18.0 Å². The van der Waals surface area contributed by atoms with Crippen molar-refractivity contribution < 1.29 is 19.2 Å². The minimum atomic E-state index is -0.917. The fraction of sp³-hybridized carbons (Fsp3) is 0.176. The van der Waals surface area contributed by atoms with Crippen LogP contribution < -0.4 is 5.32 Å². The molecule has 0 radical (unpaired) electrons. The van der Waals surface area contributed by atoms with Crippen LogP contribution in [0.4, 0.5) is 5.69 Å². The molecule has 0 heterocycles. The third kappa shape index (κ3) is 5.58. The van der Waals surface area contributed by atoms with E-state index in [0.717, 1.165) is 5.56 Å². The Morgan fingerprint density at radius 2 is 1.80 bits per heavy atom. The van der Waals surface area contributed by atoms with Crippen LogP contribution in [0.3, 0.4) is 0 Å². The Balaban J connectivity index is 1.79. The summed E-state index contributed by atoms with van der Waals surface area (Å²) in [5.74, 6) is -1.40. The molecule has 0 aliphatic heterocycles. The zero-order chi connectivity index (χ0) is 18.2. The van der Waals surface area contributed by atoms with E-state index < -0.39 is 23.4 Å². The zero-order valence-electron chi connectivity index (χ0n) is 13.1. The summed E-state index contributed by atoms with van der Waals surface area (Å²) in [5, 5.41) is 14.1. The molecular weight excluding hydrogens is 348 g/mol. The quantitative estimate of drug-likeness (QED) is 0.464. The topological polar surface area (TPSA) is 98.5 Å². The van der Waals surface area contributed by atoms with E-state index in [-0.39, 0.29) is 11.3 Å². The normalized spacial score (nSPS) is 10.1. The van der Waals surface area contributed by atoms with Crippen molar-refractivity contribution in [3.63, 3.8) is 0 Å². The third-order valence-corrected chi connectivity index (χ3v) is 3.56. The van der Waals surface area contributed by atoms with Gasteiger partial charge in [-0.05, 0) is 30.2 Å². The molecule has 1 N–H and O–H groups in total. The van der Waals surface area contributed by atoms with E-state index in [1.807, 2.05) is 12.1 Å². The summed E-state index contributed by atoms with van der Waals surface area (Å²) < 4.78 is 4.83. The lowest BCUT2D eigenvalue weighted by Gasteiger charge is -2.07. The van der Waals surface area contributed by atoms with E-state index in [4.69, 9.17) is 16.3 Å². The second kappa shape index (κ2) is 8.79. The molecule has 2 aromatic carbocycles. The van der Waals surface area contributed by atoms with Crippen LogP contribution in [0.5, 0.6) is 0 Å². The Hall–Kier alpha value is -2.93. The first-order valence-corrected chi connectivity index (χ1v) is 7.77. The number of nitrogens with zero attached hydrogens (tertiary/aromatic N) is 1. The summed E-state index contributed by atoms with van der Waals surface area (Å²) in [4.78, 5) is 33.8. The Kier molecular flexibility index (Phi) is 6.47. The molecule has 0 saturated heterocycles. The second-order valence-corrected chi connectivity index (χ2v) is 5.51. The Bertz CT molecular complexity index is 777. The van der Waals surface area contributed by atoms with Crippen LogP contribution in [0, 0.1) is 10.1 Å². The Morgan fingerprint density at radius 1 is 1.12 bits per heavy atom. The second-order valence-electron chi connectivity index (χ2n) is 5.08. The molecule has 0 aliphatic rings. The van der Waals surface area contributed by atoms with Gasteiger partial charge < -0.3 is 10.1 Å². The van der Waals surface area contributed by atoms with Crippen LogP contribution in [0.2, 0.25) is 5.02 Å². The molecule has 0 unspecified atom stereocenters. The standard InChI is InChI=1S/C17H15ClN2O5/c18-13-7-5-12(6-8-13)9-10-19-16(21)11-25-17(22)14-3-1-2-4-15(14)20(23)24/h1-8H,9-11H2,(H,19,21). The highest BCUT2D eigenvalue weighted by Gasteiger charge is 2.21. The number of amides is 1. The lowest BCUT2D eigenvalue weighted by molar-refractivity contribution is -0.385. The van der Waals surface area contributed by atoms with Crippen molar-refractivity contribution >= 4 is 29.2 Å². The Labute approximate surface area is 148 Å². The minimum Gasteiger partial charge on any atom is -0.452 e. The maximum atomic E-state index is 11.9. The summed E-state index contributed by atoms with van der Waals surface area (Å²) >= 11 is 5.79. The van der Waals surface area contributed by atoms with Gasteiger partial charge in [-0.25, -0.2) is 4.79 Å². The molecule has 7 nitrogen and oxygen atoms in total. The van der Waals surface area contributed by atoms with Gasteiger partial charge in [-0.2, -0.15) is 0 Å².